The first-order chi connectivity index (χ1) is 17.1. The summed E-state index contributed by atoms with van der Waals surface area (Å²) in [6.45, 7) is 2.89. The molecule has 1 aromatic carbocycles. The van der Waals surface area contributed by atoms with Crippen molar-refractivity contribution in [2.75, 3.05) is 37.0 Å². The molecule has 1 saturated heterocycles. The highest BCUT2D eigenvalue weighted by Crippen LogP contribution is 2.40. The summed E-state index contributed by atoms with van der Waals surface area (Å²) >= 11 is 0. The number of piperidine rings is 1. The molecule has 35 heavy (non-hydrogen) atoms. The van der Waals surface area contributed by atoms with Gasteiger partial charge in [-0.25, -0.2) is 13.5 Å². The van der Waals surface area contributed by atoms with Crippen molar-refractivity contribution in [3.63, 3.8) is 0 Å². The van der Waals surface area contributed by atoms with Gasteiger partial charge in [-0.05, 0) is 48.8 Å². The minimum atomic E-state index is -0.668. The maximum Gasteiger partial charge on any atom is 0.242 e. The Morgan fingerprint density at radius 2 is 1.86 bits per heavy atom. The van der Waals surface area contributed by atoms with Gasteiger partial charge in [0, 0.05) is 44.4 Å². The number of hydrogen-bond acceptors (Lipinski definition) is 8. The summed E-state index contributed by atoms with van der Waals surface area (Å²) < 4.78 is 40.8. The van der Waals surface area contributed by atoms with E-state index in [0.717, 1.165) is 44.1 Å². The van der Waals surface area contributed by atoms with Crippen molar-refractivity contribution < 1.29 is 18.3 Å². The fraction of sp³-hybridized carbons (Fsp3) is 0.500. The van der Waals surface area contributed by atoms with Gasteiger partial charge in [0.15, 0.2) is 5.82 Å². The molecule has 0 radical (unpaired) electrons. The van der Waals surface area contributed by atoms with Crippen molar-refractivity contribution in [1.82, 2.24) is 25.0 Å². The molecule has 1 unspecified atom stereocenters. The molecule has 2 fully saturated rings. The third kappa shape index (κ3) is 4.29. The average molecular weight is 484 g/mol. The lowest BCUT2D eigenvalue weighted by Crippen LogP contribution is -2.48. The van der Waals surface area contributed by atoms with Crippen LogP contribution in [0.3, 0.4) is 0 Å². The number of halogens is 2. The molecule has 11 heteroatoms. The summed E-state index contributed by atoms with van der Waals surface area (Å²) in [6.07, 6.45) is 4.10. The van der Waals surface area contributed by atoms with E-state index >= 15 is 0 Å². The fourth-order valence-electron chi connectivity index (χ4n) is 5.66. The second kappa shape index (κ2) is 9.03. The quantitative estimate of drug-likeness (QED) is 0.592. The summed E-state index contributed by atoms with van der Waals surface area (Å²) in [5.41, 5.74) is 1.42. The zero-order chi connectivity index (χ0) is 23.9. The summed E-state index contributed by atoms with van der Waals surface area (Å²) in [5, 5.41) is 16.3. The van der Waals surface area contributed by atoms with Gasteiger partial charge < -0.3 is 19.7 Å². The normalized spacial score (nSPS) is 25.7. The Bertz CT molecular complexity index is 1190. The second-order valence-electron chi connectivity index (χ2n) is 9.45. The van der Waals surface area contributed by atoms with Gasteiger partial charge >= 0.3 is 0 Å². The van der Waals surface area contributed by atoms with Gasteiger partial charge in [0.25, 0.3) is 0 Å². The zero-order valence-corrected chi connectivity index (χ0v) is 19.4. The Hall–Kier alpha value is -3.34. The molecule has 2 aliphatic heterocycles. The maximum absolute atomic E-state index is 13.9. The minimum absolute atomic E-state index is 0.251. The Morgan fingerprint density at radius 1 is 1.09 bits per heavy atom. The number of methoxy groups -OCH3 is 1. The van der Waals surface area contributed by atoms with Crippen LogP contribution < -0.4 is 15.0 Å². The number of fused-ring (bicyclic) bond motifs is 3. The van der Waals surface area contributed by atoms with E-state index in [1.165, 1.54) is 12.1 Å². The SMILES string of the molecule is COc1cc(N2C[C@H]3CC[C@@H](C2)C3Nc2nc3n(n2)CCCO[C@@H]3c2cc(F)cc(F)c2)cnn1. The van der Waals surface area contributed by atoms with Crippen molar-refractivity contribution >= 4 is 11.6 Å². The molecule has 1 saturated carbocycles. The molecule has 2 bridgehead atoms. The lowest BCUT2D eigenvalue weighted by Gasteiger charge is -2.39. The van der Waals surface area contributed by atoms with E-state index in [1.807, 2.05) is 6.07 Å². The molecule has 2 aromatic heterocycles. The van der Waals surface area contributed by atoms with Crippen molar-refractivity contribution in [3.8, 4) is 5.88 Å². The standard InChI is InChI=1S/C24H27F2N7O2/c1-34-20-10-19(11-27-30-20)32-12-14-3-4-15(13-32)21(14)28-24-29-23-22(35-6-2-5-33(23)31-24)16-7-17(25)9-18(26)8-16/h7-11,14-15,21-22H,2-6,12-13H2,1H3,(H,28,31)/t14-,15+,21?,22-/m1/s1. The van der Waals surface area contributed by atoms with Gasteiger partial charge in [-0.1, -0.05) is 0 Å². The molecule has 9 nitrogen and oxygen atoms in total. The lowest BCUT2D eigenvalue weighted by molar-refractivity contribution is 0.0808. The number of ether oxygens (including phenoxy) is 2. The molecule has 6 rings (SSSR count). The van der Waals surface area contributed by atoms with Crippen molar-refractivity contribution in [2.24, 2.45) is 11.8 Å². The summed E-state index contributed by atoms with van der Waals surface area (Å²) in [7, 11) is 1.59. The summed E-state index contributed by atoms with van der Waals surface area (Å²) in [4.78, 5) is 7.08. The highest BCUT2D eigenvalue weighted by Gasteiger charge is 2.43. The van der Waals surface area contributed by atoms with Gasteiger partial charge in [0.2, 0.25) is 11.8 Å². The smallest absolute Gasteiger partial charge is 0.242 e. The zero-order valence-electron chi connectivity index (χ0n) is 19.4. The number of anilines is 2. The van der Waals surface area contributed by atoms with Crippen molar-refractivity contribution in [2.45, 2.75) is 38.0 Å². The molecule has 4 atom stereocenters. The largest absolute Gasteiger partial charge is 0.480 e. The van der Waals surface area contributed by atoms with Gasteiger partial charge in [-0.15, -0.1) is 10.2 Å². The van der Waals surface area contributed by atoms with Gasteiger partial charge in [-0.3, -0.25) is 0 Å². The molecule has 1 aliphatic carbocycles. The predicted octanol–water partition coefficient (Wildman–Crippen LogP) is 3.19. The molecule has 3 aliphatic rings. The summed E-state index contributed by atoms with van der Waals surface area (Å²) in [5.74, 6) is 1.20. The molecule has 184 valence electrons. The lowest BCUT2D eigenvalue weighted by atomic mass is 9.92. The first-order valence-corrected chi connectivity index (χ1v) is 12.0. The van der Waals surface area contributed by atoms with Crippen LogP contribution in [0.4, 0.5) is 20.4 Å². The fourth-order valence-corrected chi connectivity index (χ4v) is 5.66. The van der Waals surface area contributed by atoms with Crippen LogP contribution in [0.5, 0.6) is 5.88 Å². The third-order valence-electron chi connectivity index (χ3n) is 7.24. The van der Waals surface area contributed by atoms with Crippen molar-refractivity contribution in [1.29, 1.82) is 0 Å². The number of aromatic nitrogens is 5. The van der Waals surface area contributed by atoms with Crippen LogP contribution in [0, 0.1) is 23.5 Å². The van der Waals surface area contributed by atoms with E-state index in [2.05, 4.69) is 20.4 Å². The highest BCUT2D eigenvalue weighted by molar-refractivity contribution is 5.48. The van der Waals surface area contributed by atoms with E-state index < -0.39 is 17.7 Å². The number of aryl methyl sites for hydroxylation is 1. The maximum atomic E-state index is 13.9. The molecular weight excluding hydrogens is 456 g/mol. The highest BCUT2D eigenvalue weighted by atomic mass is 19.1. The molecule has 0 amide bonds. The average Bonchev–Trinajstić information content (AvgIpc) is 3.25. The minimum Gasteiger partial charge on any atom is -0.480 e. The van der Waals surface area contributed by atoms with Crippen LogP contribution in [0.1, 0.15) is 36.8 Å². The van der Waals surface area contributed by atoms with Gasteiger partial charge in [0.1, 0.15) is 17.7 Å². The molecular formula is C24H27F2N7O2. The van der Waals surface area contributed by atoms with Gasteiger partial charge in [0.05, 0.1) is 19.0 Å². The molecule has 4 heterocycles. The van der Waals surface area contributed by atoms with E-state index in [-0.39, 0.29) is 6.04 Å². The third-order valence-corrected chi connectivity index (χ3v) is 7.24. The van der Waals surface area contributed by atoms with Crippen LogP contribution in [0.25, 0.3) is 0 Å². The Balaban J connectivity index is 1.21. The first kappa shape index (κ1) is 22.1. The van der Waals surface area contributed by atoms with E-state index in [1.54, 1.807) is 18.0 Å². The van der Waals surface area contributed by atoms with Crippen LogP contribution in [-0.4, -0.2) is 57.8 Å². The van der Waals surface area contributed by atoms with Crippen LogP contribution in [0.15, 0.2) is 30.5 Å². The second-order valence-corrected chi connectivity index (χ2v) is 9.45. The first-order valence-electron chi connectivity index (χ1n) is 12.0. The molecule has 0 spiro atoms. The number of nitrogens with zero attached hydrogens (tertiary/aromatic N) is 6. The van der Waals surface area contributed by atoms with Crippen LogP contribution in [0.2, 0.25) is 0 Å². The number of hydrogen-bond donors (Lipinski definition) is 1. The Kier molecular flexibility index (Phi) is 5.71. The Morgan fingerprint density at radius 3 is 2.60 bits per heavy atom. The van der Waals surface area contributed by atoms with Crippen LogP contribution in [-0.2, 0) is 11.3 Å². The van der Waals surface area contributed by atoms with E-state index in [0.29, 0.717) is 48.2 Å². The van der Waals surface area contributed by atoms with E-state index in [9.17, 15) is 8.78 Å². The number of rotatable bonds is 5. The van der Waals surface area contributed by atoms with E-state index in [4.69, 9.17) is 19.6 Å². The summed E-state index contributed by atoms with van der Waals surface area (Å²) in [6, 6.07) is 5.62. The Labute approximate surface area is 201 Å². The number of nitrogens with one attached hydrogen (secondary N) is 1. The number of benzene rings is 1. The van der Waals surface area contributed by atoms with Crippen LogP contribution >= 0.6 is 0 Å². The van der Waals surface area contributed by atoms with Crippen molar-refractivity contribution in [3.05, 3.63) is 53.5 Å². The molecule has 3 aromatic rings. The monoisotopic (exact) mass is 483 g/mol. The predicted molar refractivity (Wildman–Crippen MR) is 123 cm³/mol. The topological polar surface area (TPSA) is 90.2 Å². The van der Waals surface area contributed by atoms with Gasteiger partial charge in [-0.2, -0.15) is 10.1 Å². The molecule has 1 N–H and O–H groups in total.